The van der Waals surface area contributed by atoms with Crippen LogP contribution in [-0.2, 0) is 30.5 Å². The Balaban J connectivity index is 1.67. The fourth-order valence-corrected chi connectivity index (χ4v) is 5.06. The van der Waals surface area contributed by atoms with E-state index in [2.05, 4.69) is 41.4 Å². The summed E-state index contributed by atoms with van der Waals surface area (Å²) in [4.78, 5) is 17.0. The lowest BCUT2D eigenvalue weighted by Crippen LogP contribution is -2.28. The monoisotopic (exact) mass is 543 g/mol. The molecule has 0 N–H and O–H groups in total. The molecule has 0 saturated heterocycles. The van der Waals surface area contributed by atoms with Crippen molar-refractivity contribution in [3.63, 3.8) is 0 Å². The highest BCUT2D eigenvalue weighted by molar-refractivity contribution is 7.91. The highest BCUT2D eigenvalue weighted by atomic mass is 32.2. The zero-order valence-corrected chi connectivity index (χ0v) is 24.6. The number of pyridine rings is 1. The van der Waals surface area contributed by atoms with E-state index in [1.807, 2.05) is 64.1 Å². The van der Waals surface area contributed by atoms with E-state index in [0.717, 1.165) is 44.3 Å². The lowest BCUT2D eigenvalue weighted by Gasteiger charge is -2.24. The molecule has 0 saturated carbocycles. The van der Waals surface area contributed by atoms with Crippen molar-refractivity contribution < 1.29 is 17.9 Å². The minimum Gasteiger partial charge on any atom is -0.460 e. The number of ether oxygens (including phenoxy) is 1. The summed E-state index contributed by atoms with van der Waals surface area (Å²) in [5, 5.41) is 0.899. The molecule has 0 aliphatic heterocycles. The summed E-state index contributed by atoms with van der Waals surface area (Å²) < 4.78 is 29.7. The Morgan fingerprint density at radius 3 is 2.18 bits per heavy atom. The second-order valence-electron chi connectivity index (χ2n) is 11.8. The van der Waals surface area contributed by atoms with Crippen LogP contribution in [0.5, 0.6) is 0 Å². The Kier molecular flexibility index (Phi) is 7.72. The van der Waals surface area contributed by atoms with Gasteiger partial charge in [-0.1, -0.05) is 55.5 Å². The van der Waals surface area contributed by atoms with Crippen molar-refractivity contribution in [3.8, 4) is 22.3 Å². The SMILES string of the molecule is CC(Cc1ccc(-c2cccc(-c3cc(C(C)(C)S(C)(=O)=O)cc4cccnc34)c2)cc1)C(=O)OC(C)(C)C. The van der Waals surface area contributed by atoms with Crippen LogP contribution in [0, 0.1) is 5.92 Å². The number of esters is 1. The van der Waals surface area contributed by atoms with Crippen molar-refractivity contribution in [1.82, 2.24) is 4.98 Å². The maximum absolute atomic E-state index is 12.6. The van der Waals surface area contributed by atoms with E-state index in [1.54, 1.807) is 20.0 Å². The first kappa shape index (κ1) is 28.5. The predicted octanol–water partition coefficient (Wildman–Crippen LogP) is 7.37. The van der Waals surface area contributed by atoms with Crippen LogP contribution in [0.4, 0.5) is 0 Å². The second kappa shape index (κ2) is 10.6. The van der Waals surface area contributed by atoms with E-state index in [-0.39, 0.29) is 11.9 Å². The van der Waals surface area contributed by atoms with E-state index < -0.39 is 20.2 Å². The summed E-state index contributed by atoms with van der Waals surface area (Å²) in [6.07, 6.45) is 3.64. The number of benzene rings is 3. The first-order valence-electron chi connectivity index (χ1n) is 13.2. The van der Waals surface area contributed by atoms with Crippen LogP contribution in [0.15, 0.2) is 79.0 Å². The number of nitrogens with zero attached hydrogens (tertiary/aromatic N) is 1. The molecule has 0 aliphatic carbocycles. The molecule has 0 spiro atoms. The Hall–Kier alpha value is -3.51. The molecular formula is C33H37NO4S. The van der Waals surface area contributed by atoms with Crippen LogP contribution >= 0.6 is 0 Å². The molecule has 1 atom stereocenters. The molecule has 0 aliphatic rings. The van der Waals surface area contributed by atoms with Crippen molar-refractivity contribution in [3.05, 3.63) is 90.1 Å². The highest BCUT2D eigenvalue weighted by Crippen LogP contribution is 2.37. The van der Waals surface area contributed by atoms with Crippen LogP contribution in [0.1, 0.15) is 52.7 Å². The predicted molar refractivity (Wildman–Crippen MR) is 159 cm³/mol. The third kappa shape index (κ3) is 6.39. The normalized spacial score (nSPS) is 13.3. The summed E-state index contributed by atoms with van der Waals surface area (Å²) >= 11 is 0. The molecule has 204 valence electrons. The largest absolute Gasteiger partial charge is 0.460 e. The van der Waals surface area contributed by atoms with Gasteiger partial charge in [-0.15, -0.1) is 0 Å². The molecule has 0 amide bonds. The zero-order valence-electron chi connectivity index (χ0n) is 23.8. The van der Waals surface area contributed by atoms with Gasteiger partial charge in [-0.25, -0.2) is 8.42 Å². The summed E-state index contributed by atoms with van der Waals surface area (Å²) in [6.45, 7) is 11.0. The van der Waals surface area contributed by atoms with Gasteiger partial charge in [0.2, 0.25) is 0 Å². The van der Waals surface area contributed by atoms with Crippen molar-refractivity contribution in [1.29, 1.82) is 0 Å². The fourth-order valence-electron chi connectivity index (χ4n) is 4.51. The number of sulfone groups is 1. The molecule has 1 heterocycles. The average molecular weight is 544 g/mol. The van der Waals surface area contributed by atoms with Crippen LogP contribution in [0.25, 0.3) is 33.2 Å². The lowest BCUT2D eigenvalue weighted by atomic mass is 9.92. The molecule has 1 unspecified atom stereocenters. The summed E-state index contributed by atoms with van der Waals surface area (Å²) in [5.41, 5.74) is 6.07. The van der Waals surface area contributed by atoms with E-state index >= 15 is 0 Å². The average Bonchev–Trinajstić information content (AvgIpc) is 2.87. The summed E-state index contributed by atoms with van der Waals surface area (Å²) in [5.74, 6) is -0.427. The maximum Gasteiger partial charge on any atom is 0.309 e. The first-order chi connectivity index (χ1) is 18.2. The van der Waals surface area contributed by atoms with E-state index in [1.165, 1.54) is 6.26 Å². The van der Waals surface area contributed by atoms with E-state index in [4.69, 9.17) is 4.74 Å². The molecule has 0 bridgehead atoms. The fraction of sp³-hybridized carbons (Fsp3) is 0.333. The molecule has 4 rings (SSSR count). The van der Waals surface area contributed by atoms with Crippen molar-refractivity contribution in [2.75, 3.05) is 6.26 Å². The van der Waals surface area contributed by atoms with Gasteiger partial charge in [0.1, 0.15) is 5.60 Å². The molecule has 4 aromatic rings. The van der Waals surface area contributed by atoms with Gasteiger partial charge in [-0.3, -0.25) is 9.78 Å². The first-order valence-corrected chi connectivity index (χ1v) is 15.1. The highest BCUT2D eigenvalue weighted by Gasteiger charge is 2.33. The van der Waals surface area contributed by atoms with Gasteiger partial charge in [0.25, 0.3) is 0 Å². The van der Waals surface area contributed by atoms with Crippen LogP contribution < -0.4 is 0 Å². The minimum absolute atomic E-state index is 0.193. The maximum atomic E-state index is 12.6. The van der Waals surface area contributed by atoms with Gasteiger partial charge in [-0.05, 0) is 93.1 Å². The van der Waals surface area contributed by atoms with Crippen LogP contribution in [0.2, 0.25) is 0 Å². The second-order valence-corrected chi connectivity index (χ2v) is 14.4. The quantitative estimate of drug-likeness (QED) is 0.228. The molecule has 5 nitrogen and oxygen atoms in total. The van der Waals surface area contributed by atoms with Crippen molar-refractivity contribution in [2.45, 2.75) is 58.3 Å². The number of carbonyl (C=O) groups excluding carboxylic acids is 1. The number of carbonyl (C=O) groups is 1. The summed E-state index contributed by atoms with van der Waals surface area (Å²) in [7, 11) is -3.35. The Labute approximate surface area is 232 Å². The number of rotatable bonds is 7. The van der Waals surface area contributed by atoms with Gasteiger partial charge < -0.3 is 4.74 Å². The Morgan fingerprint density at radius 2 is 1.54 bits per heavy atom. The van der Waals surface area contributed by atoms with Crippen molar-refractivity contribution >= 4 is 26.7 Å². The lowest BCUT2D eigenvalue weighted by molar-refractivity contribution is -0.159. The van der Waals surface area contributed by atoms with E-state index in [0.29, 0.717) is 6.42 Å². The van der Waals surface area contributed by atoms with Crippen LogP contribution in [-0.4, -0.2) is 31.2 Å². The zero-order chi connectivity index (χ0) is 28.6. The van der Waals surface area contributed by atoms with Gasteiger partial charge in [0.05, 0.1) is 16.2 Å². The van der Waals surface area contributed by atoms with Crippen molar-refractivity contribution in [2.24, 2.45) is 5.92 Å². The molecule has 6 heteroatoms. The molecule has 39 heavy (non-hydrogen) atoms. The summed E-state index contributed by atoms with van der Waals surface area (Å²) in [6, 6.07) is 24.1. The van der Waals surface area contributed by atoms with Gasteiger partial charge in [0.15, 0.2) is 9.84 Å². The van der Waals surface area contributed by atoms with Gasteiger partial charge >= 0.3 is 5.97 Å². The molecule has 3 aromatic carbocycles. The number of aromatic nitrogens is 1. The van der Waals surface area contributed by atoms with Gasteiger partial charge in [0, 0.05) is 23.4 Å². The van der Waals surface area contributed by atoms with Gasteiger partial charge in [-0.2, -0.15) is 0 Å². The number of fused-ring (bicyclic) bond motifs is 1. The molecular weight excluding hydrogens is 506 g/mol. The topological polar surface area (TPSA) is 73.3 Å². The smallest absolute Gasteiger partial charge is 0.309 e. The molecule has 0 fully saturated rings. The standard InChI is InChI=1S/C33H37NO4S/c1-22(31(35)38-32(2,3)4)18-23-13-15-24(16-14-23)25-10-8-11-26(19-25)29-21-28(33(5,6)39(7,36)37)20-27-12-9-17-34-30(27)29/h8-17,19-22H,18H2,1-7H3. The Bertz CT molecular complexity index is 1610. The van der Waals surface area contributed by atoms with Crippen LogP contribution in [0.3, 0.4) is 0 Å². The molecule has 1 aromatic heterocycles. The third-order valence-corrected chi connectivity index (χ3v) is 9.23. The number of hydrogen-bond acceptors (Lipinski definition) is 5. The Morgan fingerprint density at radius 1 is 0.872 bits per heavy atom. The third-order valence-electron chi connectivity index (χ3n) is 7.14. The minimum atomic E-state index is -3.35. The van der Waals surface area contributed by atoms with E-state index in [9.17, 15) is 13.2 Å². The molecule has 0 radical (unpaired) electrons. The number of hydrogen-bond donors (Lipinski definition) is 0.